The molecular weight excluding hydrogens is 316 g/mol. The summed E-state index contributed by atoms with van der Waals surface area (Å²) in [6.45, 7) is 12.5. The van der Waals surface area contributed by atoms with Crippen LogP contribution in [0.15, 0.2) is 40.5 Å². The number of nitrogens with zero attached hydrogens (tertiary/aromatic N) is 3. The molecule has 6 heteroatoms. The molecule has 0 aromatic carbocycles. The molecular formula is C19H30N4O2. The molecule has 0 aliphatic carbocycles. The van der Waals surface area contributed by atoms with E-state index in [0.717, 1.165) is 70.6 Å². The van der Waals surface area contributed by atoms with Gasteiger partial charge in [0.05, 0.1) is 19.5 Å². The Labute approximate surface area is 150 Å². The predicted molar refractivity (Wildman–Crippen MR) is 99.9 cm³/mol. The standard InChI is InChI=1S/C19H30N4O2/c1-2-7-20-19(21-8-5-18-4-3-12-25-18)23-9-6-17(16-23)15-22-10-13-24-14-11-22/h2-4,12,17H,1,5-11,13-16H2,(H,20,21). The monoisotopic (exact) mass is 346 g/mol. The van der Waals surface area contributed by atoms with Crippen molar-refractivity contribution in [1.29, 1.82) is 0 Å². The summed E-state index contributed by atoms with van der Waals surface area (Å²) in [5, 5.41) is 3.41. The van der Waals surface area contributed by atoms with E-state index in [1.54, 1.807) is 6.26 Å². The smallest absolute Gasteiger partial charge is 0.194 e. The lowest BCUT2D eigenvalue weighted by atomic mass is 10.1. The first-order valence-electron chi connectivity index (χ1n) is 9.32. The molecule has 1 aromatic rings. The third-order valence-electron chi connectivity index (χ3n) is 4.81. The molecule has 2 saturated heterocycles. The van der Waals surface area contributed by atoms with Crippen LogP contribution >= 0.6 is 0 Å². The van der Waals surface area contributed by atoms with E-state index in [9.17, 15) is 0 Å². The minimum Gasteiger partial charge on any atom is -0.469 e. The van der Waals surface area contributed by atoms with E-state index in [-0.39, 0.29) is 0 Å². The summed E-state index contributed by atoms with van der Waals surface area (Å²) in [6, 6.07) is 3.92. The second-order valence-corrected chi connectivity index (χ2v) is 6.72. The summed E-state index contributed by atoms with van der Waals surface area (Å²) in [5.41, 5.74) is 0. The Hall–Kier alpha value is -1.79. The second kappa shape index (κ2) is 9.63. The van der Waals surface area contributed by atoms with E-state index in [1.165, 1.54) is 13.0 Å². The van der Waals surface area contributed by atoms with Crippen molar-refractivity contribution in [2.75, 3.05) is 59.0 Å². The largest absolute Gasteiger partial charge is 0.469 e. The van der Waals surface area contributed by atoms with Crippen molar-refractivity contribution < 1.29 is 9.15 Å². The maximum atomic E-state index is 5.44. The molecule has 0 bridgehead atoms. The van der Waals surface area contributed by atoms with Crippen LogP contribution in [-0.2, 0) is 11.2 Å². The fraction of sp³-hybridized carbons (Fsp3) is 0.632. The summed E-state index contributed by atoms with van der Waals surface area (Å²) >= 11 is 0. The number of aliphatic imine (C=N–C) groups is 1. The number of hydrogen-bond acceptors (Lipinski definition) is 4. The number of hydrogen-bond donors (Lipinski definition) is 1. The van der Waals surface area contributed by atoms with Crippen molar-refractivity contribution in [2.24, 2.45) is 10.9 Å². The van der Waals surface area contributed by atoms with E-state index in [4.69, 9.17) is 14.1 Å². The van der Waals surface area contributed by atoms with Crippen LogP contribution in [0.1, 0.15) is 12.2 Å². The molecule has 0 spiro atoms. The first kappa shape index (κ1) is 18.0. The fourth-order valence-electron chi connectivity index (χ4n) is 3.48. The lowest BCUT2D eigenvalue weighted by Crippen LogP contribution is -2.42. The first-order chi connectivity index (χ1) is 12.3. The maximum absolute atomic E-state index is 5.44. The van der Waals surface area contributed by atoms with Gasteiger partial charge in [0, 0.05) is 52.2 Å². The number of nitrogens with one attached hydrogen (secondary N) is 1. The highest BCUT2D eigenvalue weighted by atomic mass is 16.5. The summed E-state index contributed by atoms with van der Waals surface area (Å²) in [5.74, 6) is 2.69. The molecule has 2 aliphatic rings. The minimum atomic E-state index is 0.707. The first-order valence-corrected chi connectivity index (χ1v) is 9.32. The van der Waals surface area contributed by atoms with Gasteiger partial charge in [0.25, 0.3) is 0 Å². The van der Waals surface area contributed by atoms with Gasteiger partial charge >= 0.3 is 0 Å². The molecule has 1 N–H and O–H groups in total. The van der Waals surface area contributed by atoms with Crippen LogP contribution < -0.4 is 5.32 Å². The Morgan fingerprint density at radius 2 is 2.24 bits per heavy atom. The van der Waals surface area contributed by atoms with Crippen molar-refractivity contribution in [1.82, 2.24) is 15.1 Å². The van der Waals surface area contributed by atoms with Crippen molar-refractivity contribution >= 4 is 5.96 Å². The zero-order chi connectivity index (χ0) is 17.3. The van der Waals surface area contributed by atoms with Crippen molar-refractivity contribution in [3.05, 3.63) is 36.8 Å². The number of morpholine rings is 1. The highest BCUT2D eigenvalue weighted by molar-refractivity contribution is 5.80. The van der Waals surface area contributed by atoms with Crippen LogP contribution in [0.2, 0.25) is 0 Å². The average molecular weight is 346 g/mol. The lowest BCUT2D eigenvalue weighted by molar-refractivity contribution is 0.0315. The van der Waals surface area contributed by atoms with Crippen LogP contribution in [0.25, 0.3) is 0 Å². The Morgan fingerprint density at radius 3 is 3.00 bits per heavy atom. The number of ether oxygens (including phenoxy) is 1. The summed E-state index contributed by atoms with van der Waals surface area (Å²) < 4.78 is 10.8. The van der Waals surface area contributed by atoms with Gasteiger partial charge in [-0.05, 0) is 24.5 Å². The molecule has 0 amide bonds. The Morgan fingerprint density at radius 1 is 1.36 bits per heavy atom. The highest BCUT2D eigenvalue weighted by Gasteiger charge is 2.27. The highest BCUT2D eigenvalue weighted by Crippen LogP contribution is 2.18. The summed E-state index contributed by atoms with van der Waals surface area (Å²) in [4.78, 5) is 9.71. The predicted octanol–water partition coefficient (Wildman–Crippen LogP) is 1.61. The molecule has 25 heavy (non-hydrogen) atoms. The molecule has 3 rings (SSSR count). The van der Waals surface area contributed by atoms with Gasteiger partial charge in [0.2, 0.25) is 0 Å². The number of furan rings is 1. The van der Waals surface area contributed by atoms with Crippen molar-refractivity contribution in [3.8, 4) is 0 Å². The van der Waals surface area contributed by atoms with E-state index in [2.05, 4.69) is 21.7 Å². The zero-order valence-corrected chi connectivity index (χ0v) is 15.0. The normalized spacial score (nSPS) is 22.3. The Bertz CT molecular complexity index is 538. The van der Waals surface area contributed by atoms with Crippen LogP contribution in [0.3, 0.4) is 0 Å². The number of guanidine groups is 1. The van der Waals surface area contributed by atoms with Crippen LogP contribution in [0.4, 0.5) is 0 Å². The van der Waals surface area contributed by atoms with Gasteiger partial charge in [-0.1, -0.05) is 6.08 Å². The second-order valence-electron chi connectivity index (χ2n) is 6.72. The van der Waals surface area contributed by atoms with Crippen molar-refractivity contribution in [3.63, 3.8) is 0 Å². The molecule has 1 atom stereocenters. The number of likely N-dealkylation sites (tertiary alicyclic amines) is 1. The molecule has 6 nitrogen and oxygen atoms in total. The van der Waals surface area contributed by atoms with Gasteiger partial charge < -0.3 is 19.4 Å². The van der Waals surface area contributed by atoms with Gasteiger partial charge in [0.1, 0.15) is 5.76 Å². The minimum absolute atomic E-state index is 0.707. The summed E-state index contributed by atoms with van der Waals surface area (Å²) in [7, 11) is 0. The van der Waals surface area contributed by atoms with Gasteiger partial charge in [-0.3, -0.25) is 9.89 Å². The summed E-state index contributed by atoms with van der Waals surface area (Å²) in [6.07, 6.45) is 5.65. The molecule has 1 aromatic heterocycles. The third-order valence-corrected chi connectivity index (χ3v) is 4.81. The SMILES string of the molecule is C=CCNC(=NCCc1ccco1)N1CCC(CN2CCOCC2)C1. The van der Waals surface area contributed by atoms with Crippen LogP contribution in [0.5, 0.6) is 0 Å². The molecule has 1 unspecified atom stereocenters. The Kier molecular flexibility index (Phi) is 6.94. The van der Waals surface area contributed by atoms with E-state index in [0.29, 0.717) is 5.92 Å². The molecule has 2 fully saturated rings. The van der Waals surface area contributed by atoms with E-state index >= 15 is 0 Å². The lowest BCUT2D eigenvalue weighted by Gasteiger charge is -2.29. The molecule has 0 radical (unpaired) electrons. The molecule has 2 aliphatic heterocycles. The fourth-order valence-corrected chi connectivity index (χ4v) is 3.48. The average Bonchev–Trinajstić information content (AvgIpc) is 3.31. The molecule has 138 valence electrons. The van der Waals surface area contributed by atoms with Gasteiger partial charge in [-0.25, -0.2) is 0 Å². The van der Waals surface area contributed by atoms with E-state index < -0.39 is 0 Å². The molecule has 3 heterocycles. The van der Waals surface area contributed by atoms with Gasteiger partial charge in [-0.2, -0.15) is 0 Å². The maximum Gasteiger partial charge on any atom is 0.194 e. The Balaban J connectivity index is 1.50. The van der Waals surface area contributed by atoms with Gasteiger partial charge in [-0.15, -0.1) is 6.58 Å². The van der Waals surface area contributed by atoms with Crippen LogP contribution in [-0.4, -0.2) is 74.8 Å². The van der Waals surface area contributed by atoms with Gasteiger partial charge in [0.15, 0.2) is 5.96 Å². The quantitative estimate of drug-likeness (QED) is 0.462. The number of rotatable bonds is 7. The topological polar surface area (TPSA) is 53.2 Å². The van der Waals surface area contributed by atoms with Crippen molar-refractivity contribution in [2.45, 2.75) is 12.8 Å². The molecule has 0 saturated carbocycles. The zero-order valence-electron chi connectivity index (χ0n) is 15.0. The van der Waals surface area contributed by atoms with Crippen LogP contribution in [0, 0.1) is 5.92 Å². The third kappa shape index (κ3) is 5.61. The van der Waals surface area contributed by atoms with E-state index in [1.807, 2.05) is 18.2 Å².